The lowest BCUT2D eigenvalue weighted by Gasteiger charge is -2.33. The minimum atomic E-state index is -0.485. The van der Waals surface area contributed by atoms with Gasteiger partial charge in [-0.3, -0.25) is 0 Å². The molecule has 0 aliphatic carbocycles. The lowest BCUT2D eigenvalue weighted by Crippen LogP contribution is -2.33. The van der Waals surface area contributed by atoms with E-state index in [1.807, 2.05) is 19.1 Å². The fourth-order valence-corrected chi connectivity index (χ4v) is 3.79. The van der Waals surface area contributed by atoms with Crippen LogP contribution in [0.15, 0.2) is 36.4 Å². The Bertz CT molecular complexity index is 823. The molecular weight excluding hydrogens is 338 g/mol. The number of rotatable bonds is 5. The first-order valence-corrected chi connectivity index (χ1v) is 9.59. The molecule has 3 unspecified atom stereocenters. The van der Waals surface area contributed by atoms with E-state index in [-0.39, 0.29) is 18.8 Å². The van der Waals surface area contributed by atoms with Crippen LogP contribution in [-0.4, -0.2) is 29.0 Å². The van der Waals surface area contributed by atoms with Crippen molar-refractivity contribution in [2.24, 2.45) is 0 Å². The van der Waals surface area contributed by atoms with Crippen LogP contribution in [0, 0.1) is 18.3 Å². The Morgan fingerprint density at radius 2 is 1.85 bits per heavy atom. The van der Waals surface area contributed by atoms with Crippen molar-refractivity contribution in [3.05, 3.63) is 69.8 Å². The van der Waals surface area contributed by atoms with Gasteiger partial charge in [0.05, 0.1) is 36.6 Å². The normalized spacial score (nSPS) is 22.4. The summed E-state index contributed by atoms with van der Waals surface area (Å²) in [6, 6.07) is 14.7. The first kappa shape index (κ1) is 19.6. The molecule has 0 saturated carbocycles. The second-order valence-corrected chi connectivity index (χ2v) is 7.38. The molecule has 0 aromatic heterocycles. The SMILES string of the molecule is CCc1ccc(Cc2cc(C3CC(O)CC(CO)O3)c(C)cc2C#N)cc1. The van der Waals surface area contributed by atoms with Gasteiger partial charge in [0.25, 0.3) is 0 Å². The third kappa shape index (κ3) is 4.56. The van der Waals surface area contributed by atoms with Gasteiger partial charge < -0.3 is 14.9 Å². The number of hydrogen-bond acceptors (Lipinski definition) is 4. The molecular formula is C23H27NO3. The van der Waals surface area contributed by atoms with Crippen molar-refractivity contribution in [3.63, 3.8) is 0 Å². The van der Waals surface area contributed by atoms with E-state index in [9.17, 15) is 15.5 Å². The third-order valence-electron chi connectivity index (χ3n) is 5.37. The van der Waals surface area contributed by atoms with Gasteiger partial charge in [-0.2, -0.15) is 5.26 Å². The van der Waals surface area contributed by atoms with Gasteiger partial charge >= 0.3 is 0 Å². The van der Waals surface area contributed by atoms with Crippen LogP contribution in [0.2, 0.25) is 0 Å². The second-order valence-electron chi connectivity index (χ2n) is 7.38. The number of nitriles is 1. The molecule has 0 spiro atoms. The minimum Gasteiger partial charge on any atom is -0.394 e. The molecule has 4 nitrogen and oxygen atoms in total. The molecule has 1 fully saturated rings. The maximum absolute atomic E-state index is 10.1. The first-order valence-electron chi connectivity index (χ1n) is 9.59. The van der Waals surface area contributed by atoms with Gasteiger partial charge in [0.15, 0.2) is 0 Å². The Balaban J connectivity index is 1.91. The highest BCUT2D eigenvalue weighted by Crippen LogP contribution is 2.34. The van der Waals surface area contributed by atoms with Crippen LogP contribution in [0.3, 0.4) is 0 Å². The zero-order chi connectivity index (χ0) is 19.4. The molecule has 27 heavy (non-hydrogen) atoms. The summed E-state index contributed by atoms with van der Waals surface area (Å²) in [5.74, 6) is 0. The number of aliphatic hydroxyl groups excluding tert-OH is 2. The standard InChI is InChI=1S/C23H27NO3/c1-3-16-4-6-17(7-5-16)9-18-10-22(15(2)8-19(18)13-24)23-12-20(26)11-21(14-25)27-23/h4-8,10,20-21,23,25-26H,3,9,11-12,14H2,1-2H3. The highest BCUT2D eigenvalue weighted by molar-refractivity contribution is 5.47. The molecule has 142 valence electrons. The summed E-state index contributed by atoms with van der Waals surface area (Å²) in [5, 5.41) is 29.2. The topological polar surface area (TPSA) is 73.5 Å². The average molecular weight is 365 g/mol. The van der Waals surface area contributed by atoms with Gasteiger partial charge in [-0.05, 0) is 53.6 Å². The van der Waals surface area contributed by atoms with Crippen molar-refractivity contribution in [2.45, 2.75) is 57.8 Å². The summed E-state index contributed by atoms with van der Waals surface area (Å²) < 4.78 is 5.99. The molecule has 1 saturated heterocycles. The molecule has 3 atom stereocenters. The molecule has 2 aromatic rings. The predicted octanol–water partition coefficient (Wildman–Crippen LogP) is 3.59. The monoisotopic (exact) mass is 365 g/mol. The van der Waals surface area contributed by atoms with Crippen LogP contribution in [0.5, 0.6) is 0 Å². The quantitative estimate of drug-likeness (QED) is 0.849. The molecule has 4 heteroatoms. The Hall–Kier alpha value is -2.19. The molecule has 0 bridgehead atoms. The number of benzene rings is 2. The highest BCUT2D eigenvalue weighted by atomic mass is 16.5. The van der Waals surface area contributed by atoms with Crippen molar-refractivity contribution in [1.29, 1.82) is 5.26 Å². The summed E-state index contributed by atoms with van der Waals surface area (Å²) in [7, 11) is 0. The second kappa shape index (κ2) is 8.67. The molecule has 0 amide bonds. The molecule has 2 aromatic carbocycles. The van der Waals surface area contributed by atoms with Gasteiger partial charge in [0.1, 0.15) is 0 Å². The summed E-state index contributed by atoms with van der Waals surface area (Å²) in [5.41, 5.74) is 6.07. The van der Waals surface area contributed by atoms with Crippen molar-refractivity contribution >= 4 is 0 Å². The van der Waals surface area contributed by atoms with Crippen LogP contribution >= 0.6 is 0 Å². The van der Waals surface area contributed by atoms with E-state index in [0.717, 1.165) is 28.7 Å². The Kier molecular flexibility index (Phi) is 6.28. The van der Waals surface area contributed by atoms with Crippen molar-refractivity contribution in [3.8, 4) is 6.07 Å². The molecule has 0 radical (unpaired) electrons. The van der Waals surface area contributed by atoms with Gasteiger partial charge in [-0.25, -0.2) is 0 Å². The van der Waals surface area contributed by atoms with Gasteiger partial charge in [0, 0.05) is 12.8 Å². The largest absolute Gasteiger partial charge is 0.394 e. The summed E-state index contributed by atoms with van der Waals surface area (Å²) in [6.45, 7) is 4.00. The maximum atomic E-state index is 10.1. The van der Waals surface area contributed by atoms with Crippen LogP contribution in [-0.2, 0) is 17.6 Å². The predicted molar refractivity (Wildman–Crippen MR) is 104 cm³/mol. The highest BCUT2D eigenvalue weighted by Gasteiger charge is 2.30. The van der Waals surface area contributed by atoms with E-state index >= 15 is 0 Å². The average Bonchev–Trinajstić information content (AvgIpc) is 2.69. The van der Waals surface area contributed by atoms with E-state index in [4.69, 9.17) is 4.74 Å². The molecule has 1 heterocycles. The zero-order valence-electron chi connectivity index (χ0n) is 16.0. The van der Waals surface area contributed by atoms with Crippen LogP contribution in [0.1, 0.15) is 59.3 Å². The fourth-order valence-electron chi connectivity index (χ4n) is 3.79. The summed E-state index contributed by atoms with van der Waals surface area (Å²) in [4.78, 5) is 0. The van der Waals surface area contributed by atoms with Gasteiger partial charge in [0.2, 0.25) is 0 Å². The number of aliphatic hydroxyl groups is 2. The zero-order valence-corrected chi connectivity index (χ0v) is 16.0. The smallest absolute Gasteiger partial charge is 0.0994 e. The van der Waals surface area contributed by atoms with E-state index in [0.29, 0.717) is 24.8 Å². The Morgan fingerprint density at radius 1 is 1.15 bits per heavy atom. The fraction of sp³-hybridized carbons (Fsp3) is 0.435. The van der Waals surface area contributed by atoms with Crippen LogP contribution < -0.4 is 0 Å². The van der Waals surface area contributed by atoms with E-state index in [1.54, 1.807) is 0 Å². The lowest BCUT2D eigenvalue weighted by molar-refractivity contribution is -0.114. The number of ether oxygens (including phenoxy) is 1. The van der Waals surface area contributed by atoms with Crippen LogP contribution in [0.25, 0.3) is 0 Å². The van der Waals surface area contributed by atoms with Crippen molar-refractivity contribution in [1.82, 2.24) is 0 Å². The Labute approximate surface area is 161 Å². The lowest BCUT2D eigenvalue weighted by atomic mass is 9.89. The molecule has 1 aliphatic rings. The third-order valence-corrected chi connectivity index (χ3v) is 5.37. The number of hydrogen-bond donors (Lipinski definition) is 2. The van der Waals surface area contributed by atoms with Crippen molar-refractivity contribution < 1.29 is 14.9 Å². The van der Waals surface area contributed by atoms with E-state index in [2.05, 4.69) is 37.3 Å². The van der Waals surface area contributed by atoms with Gasteiger partial charge in [-0.15, -0.1) is 0 Å². The van der Waals surface area contributed by atoms with E-state index < -0.39 is 6.10 Å². The summed E-state index contributed by atoms with van der Waals surface area (Å²) in [6.07, 6.45) is 1.55. The Morgan fingerprint density at radius 3 is 2.48 bits per heavy atom. The van der Waals surface area contributed by atoms with Crippen LogP contribution in [0.4, 0.5) is 0 Å². The number of aryl methyl sites for hydroxylation is 2. The molecule has 1 aliphatic heterocycles. The minimum absolute atomic E-state index is 0.0977. The summed E-state index contributed by atoms with van der Waals surface area (Å²) >= 11 is 0. The molecule has 2 N–H and O–H groups in total. The van der Waals surface area contributed by atoms with Crippen molar-refractivity contribution in [2.75, 3.05) is 6.61 Å². The maximum Gasteiger partial charge on any atom is 0.0994 e. The first-order chi connectivity index (χ1) is 13.0. The van der Waals surface area contributed by atoms with E-state index in [1.165, 1.54) is 5.56 Å². The number of nitrogens with zero attached hydrogens (tertiary/aromatic N) is 1. The van der Waals surface area contributed by atoms with Gasteiger partial charge in [-0.1, -0.05) is 37.3 Å². The molecule has 3 rings (SSSR count).